The third-order valence-electron chi connectivity index (χ3n) is 4.06. The molecule has 0 amide bonds. The van der Waals surface area contributed by atoms with Gasteiger partial charge in [-0.25, -0.2) is 0 Å². The van der Waals surface area contributed by atoms with Gasteiger partial charge in [0.25, 0.3) is 0 Å². The third-order valence-corrected chi connectivity index (χ3v) is 4.06. The zero-order valence-corrected chi connectivity index (χ0v) is 13.1. The monoisotopic (exact) mass is 252 g/mol. The Labute approximate surface area is 129 Å². The molecule has 0 nitrogen and oxygen atoms in total. The van der Waals surface area contributed by atoms with Crippen molar-refractivity contribution in [1.29, 1.82) is 0 Å². The first-order chi connectivity index (χ1) is 9.34. The molecule has 0 fully saturated rings. The van der Waals surface area contributed by atoms with Crippen molar-refractivity contribution in [3.8, 4) is 0 Å². The smallest absolute Gasteiger partial charge is 0.0654 e. The van der Waals surface area contributed by atoms with Gasteiger partial charge in [-0.2, -0.15) is 0 Å². The normalized spacial score (nSPS) is 10.9. The van der Waals surface area contributed by atoms with Gasteiger partial charge in [0.1, 0.15) is 0 Å². The summed E-state index contributed by atoms with van der Waals surface area (Å²) >= 11 is 2.23. The first-order valence-electron chi connectivity index (χ1n) is 8.39. The van der Waals surface area contributed by atoms with Gasteiger partial charge >= 0.3 is 116 Å². The van der Waals surface area contributed by atoms with Gasteiger partial charge in [0.2, 0.25) is 0 Å². The number of unbranched alkanes of at least 4 members (excludes halogenated alkanes) is 9. The van der Waals surface area contributed by atoms with Crippen molar-refractivity contribution < 1.29 is 0 Å². The van der Waals surface area contributed by atoms with E-state index in [4.69, 9.17) is 0 Å². The molecule has 0 spiro atoms. The van der Waals surface area contributed by atoms with Crippen LogP contribution in [0.25, 0.3) is 0 Å². The van der Waals surface area contributed by atoms with Crippen LogP contribution in [-0.4, -0.2) is 17.7 Å². The second-order valence-corrected chi connectivity index (χ2v) is 5.86. The molecule has 1 aromatic carbocycles. The molecular formula is C18H29Li. The zero-order chi connectivity index (χ0) is 13.8. The van der Waals surface area contributed by atoms with E-state index in [2.05, 4.69) is 48.9 Å². The van der Waals surface area contributed by atoms with E-state index in [0.717, 1.165) is 0 Å². The van der Waals surface area contributed by atoms with Crippen LogP contribution >= 0.6 is 0 Å². The summed E-state index contributed by atoms with van der Waals surface area (Å²) in [4.78, 5) is 0. The minimum atomic E-state index is 1.27. The van der Waals surface area contributed by atoms with Gasteiger partial charge in [-0.15, -0.1) is 0 Å². The molecule has 0 unspecified atom stereocenters. The van der Waals surface area contributed by atoms with E-state index in [0.29, 0.717) is 0 Å². The minimum Gasteiger partial charge on any atom is -0.0654 e. The maximum absolute atomic E-state index is 2.29. The first kappa shape index (κ1) is 16.9. The Morgan fingerprint density at radius 1 is 0.737 bits per heavy atom. The van der Waals surface area contributed by atoms with Crippen LogP contribution in [0.4, 0.5) is 0 Å². The molecule has 1 rings (SSSR count). The van der Waals surface area contributed by atoms with Crippen molar-refractivity contribution in [3.05, 3.63) is 29.8 Å². The molecule has 0 saturated carbocycles. The van der Waals surface area contributed by atoms with Crippen LogP contribution in [0.5, 0.6) is 0 Å². The third kappa shape index (κ3) is 8.56. The summed E-state index contributed by atoms with van der Waals surface area (Å²) in [6.45, 7) is 2.29. The average molecular weight is 252 g/mol. The van der Waals surface area contributed by atoms with Crippen molar-refractivity contribution in [2.45, 2.75) is 77.6 Å². The molecule has 0 bridgehead atoms. The molecule has 0 saturated heterocycles. The van der Waals surface area contributed by atoms with E-state index in [1.54, 1.807) is 5.56 Å². The van der Waals surface area contributed by atoms with E-state index >= 15 is 0 Å². The van der Waals surface area contributed by atoms with E-state index in [1.807, 2.05) is 0 Å². The zero-order valence-electron chi connectivity index (χ0n) is 13.1. The molecule has 102 valence electrons. The Balaban J connectivity index is 1.90. The molecule has 0 heterocycles. The van der Waals surface area contributed by atoms with Crippen molar-refractivity contribution in [3.63, 3.8) is 0 Å². The van der Waals surface area contributed by atoms with Crippen LogP contribution in [-0.2, 0) is 6.42 Å². The number of hydrogen-bond donors (Lipinski definition) is 0. The maximum atomic E-state index is 2.29. The fourth-order valence-corrected chi connectivity index (χ4v) is 2.69. The Morgan fingerprint density at radius 2 is 1.26 bits per heavy atom. The van der Waals surface area contributed by atoms with Gasteiger partial charge in [0, 0.05) is 0 Å². The molecule has 19 heavy (non-hydrogen) atoms. The number of hydrogen-bond acceptors (Lipinski definition) is 0. The molecule has 1 aromatic rings. The summed E-state index contributed by atoms with van der Waals surface area (Å²) in [5, 5.41) is 0. The van der Waals surface area contributed by atoms with Crippen LogP contribution in [0.2, 0.25) is 0 Å². The molecule has 0 aromatic heterocycles. The van der Waals surface area contributed by atoms with Crippen molar-refractivity contribution in [2.75, 3.05) is 0 Å². The predicted octanol–water partition coefficient (Wildman–Crippen LogP) is 4.94. The van der Waals surface area contributed by atoms with Gasteiger partial charge in [-0.3, -0.25) is 0 Å². The minimum absolute atomic E-state index is 1.27. The van der Waals surface area contributed by atoms with E-state index in [-0.39, 0.29) is 0 Å². The summed E-state index contributed by atoms with van der Waals surface area (Å²) in [5.41, 5.74) is 1.54. The number of aryl methyl sites for hydroxylation is 1. The van der Waals surface area contributed by atoms with Crippen LogP contribution in [0.15, 0.2) is 24.3 Å². The second kappa shape index (κ2) is 11.6. The summed E-state index contributed by atoms with van der Waals surface area (Å²) < 4.78 is 1.46. The summed E-state index contributed by atoms with van der Waals surface area (Å²) in [6, 6.07) is 8.81. The van der Waals surface area contributed by atoms with Crippen molar-refractivity contribution in [2.24, 2.45) is 0 Å². The Bertz CT molecular complexity index is 319. The van der Waals surface area contributed by atoms with Crippen LogP contribution in [0.3, 0.4) is 0 Å². The molecule has 0 aliphatic carbocycles. The topological polar surface area (TPSA) is 0 Å². The molecular weight excluding hydrogens is 223 g/mol. The summed E-state index contributed by atoms with van der Waals surface area (Å²) in [7, 11) is 0. The number of benzene rings is 1. The Hall–Kier alpha value is -0.183. The van der Waals surface area contributed by atoms with Crippen molar-refractivity contribution >= 4 is 22.0 Å². The van der Waals surface area contributed by atoms with Crippen LogP contribution < -0.4 is 4.24 Å². The quantitative estimate of drug-likeness (QED) is 0.386. The van der Waals surface area contributed by atoms with E-state index in [1.165, 1.54) is 74.9 Å². The van der Waals surface area contributed by atoms with E-state index in [9.17, 15) is 0 Å². The second-order valence-electron chi connectivity index (χ2n) is 5.86. The fraction of sp³-hybridized carbons (Fsp3) is 0.667. The molecule has 1 heteroatoms. The van der Waals surface area contributed by atoms with Crippen molar-refractivity contribution in [1.82, 2.24) is 0 Å². The molecule has 0 aliphatic rings. The van der Waals surface area contributed by atoms with Gasteiger partial charge in [-0.05, 0) is 0 Å². The summed E-state index contributed by atoms with van der Waals surface area (Å²) in [6.07, 6.45) is 15.5. The van der Waals surface area contributed by atoms with E-state index < -0.39 is 0 Å². The van der Waals surface area contributed by atoms with Gasteiger partial charge in [0.05, 0.1) is 0 Å². The van der Waals surface area contributed by atoms with Gasteiger partial charge in [-0.1, -0.05) is 13.3 Å². The Morgan fingerprint density at radius 3 is 1.84 bits per heavy atom. The Kier molecular flexibility index (Phi) is 10.3. The molecule has 0 radical (unpaired) electrons. The summed E-state index contributed by atoms with van der Waals surface area (Å²) in [5.74, 6) is 0. The predicted molar refractivity (Wildman–Crippen MR) is 87.4 cm³/mol. The van der Waals surface area contributed by atoms with Gasteiger partial charge in [0.15, 0.2) is 0 Å². The molecule has 0 N–H and O–H groups in total. The molecule has 0 atom stereocenters. The first-order valence-corrected chi connectivity index (χ1v) is 8.39. The SMILES string of the molecule is [Li][c]1ccccc1CCCCCCCCCCCC. The standard InChI is InChI=1S/C18H29.Li/c1-2-3-4-5-6-7-8-9-10-12-15-18-16-13-11-14-17-18;/h11,13-14,16H,2-10,12,15H2,1H3;. The molecule has 0 aliphatic heterocycles. The van der Waals surface area contributed by atoms with Gasteiger partial charge < -0.3 is 0 Å². The average Bonchev–Trinajstić information content (AvgIpc) is 2.43. The van der Waals surface area contributed by atoms with Crippen LogP contribution in [0, 0.1) is 0 Å². The fourth-order valence-electron chi connectivity index (χ4n) is 2.69. The number of rotatable bonds is 11. The van der Waals surface area contributed by atoms with Crippen LogP contribution in [0.1, 0.15) is 76.7 Å².